The van der Waals surface area contributed by atoms with Crippen molar-refractivity contribution < 1.29 is 9.47 Å². The zero-order valence-corrected chi connectivity index (χ0v) is 16.7. The molecule has 0 radical (unpaired) electrons. The fraction of sp³-hybridized carbons (Fsp3) is 0.304. The van der Waals surface area contributed by atoms with Gasteiger partial charge in [0, 0.05) is 31.3 Å². The van der Waals surface area contributed by atoms with Crippen molar-refractivity contribution >= 4 is 11.6 Å². The van der Waals surface area contributed by atoms with Gasteiger partial charge in [-0.3, -0.25) is 0 Å². The van der Waals surface area contributed by atoms with Crippen molar-refractivity contribution in [3.05, 3.63) is 66.2 Å². The molecule has 150 valence electrons. The first-order valence-electron chi connectivity index (χ1n) is 9.96. The fourth-order valence-corrected chi connectivity index (χ4v) is 3.43. The number of hydrogen-bond donors (Lipinski definition) is 1. The molecule has 2 heterocycles. The van der Waals surface area contributed by atoms with E-state index in [0.717, 1.165) is 68.0 Å². The van der Waals surface area contributed by atoms with Crippen LogP contribution >= 0.6 is 0 Å². The van der Waals surface area contributed by atoms with E-state index in [4.69, 9.17) is 19.4 Å². The van der Waals surface area contributed by atoms with Gasteiger partial charge in [0.1, 0.15) is 17.4 Å². The maximum atomic E-state index is 5.49. The molecule has 0 bridgehead atoms. The van der Waals surface area contributed by atoms with Gasteiger partial charge >= 0.3 is 0 Å². The summed E-state index contributed by atoms with van der Waals surface area (Å²) < 4.78 is 10.9. The molecule has 0 aliphatic carbocycles. The molecule has 0 amide bonds. The van der Waals surface area contributed by atoms with Crippen molar-refractivity contribution in [2.75, 3.05) is 50.2 Å². The zero-order valence-electron chi connectivity index (χ0n) is 16.7. The zero-order chi connectivity index (χ0) is 19.9. The molecule has 1 aliphatic heterocycles. The molecule has 0 atom stereocenters. The van der Waals surface area contributed by atoms with E-state index >= 15 is 0 Å². The average Bonchev–Trinajstić information content (AvgIpc) is 2.80. The molecule has 3 aromatic rings. The number of hydrogen-bond acceptors (Lipinski definition) is 6. The number of nitrogens with zero attached hydrogens (tertiary/aromatic N) is 3. The van der Waals surface area contributed by atoms with Crippen molar-refractivity contribution in [1.29, 1.82) is 0 Å². The van der Waals surface area contributed by atoms with E-state index in [-0.39, 0.29) is 0 Å². The summed E-state index contributed by atoms with van der Waals surface area (Å²) in [4.78, 5) is 11.8. The quantitative estimate of drug-likeness (QED) is 0.665. The molecular formula is C23H26N4O2. The highest BCUT2D eigenvalue weighted by atomic mass is 16.5. The first kappa shape index (κ1) is 19.2. The van der Waals surface area contributed by atoms with Crippen molar-refractivity contribution in [2.24, 2.45) is 0 Å². The lowest BCUT2D eigenvalue weighted by Gasteiger charge is -2.28. The van der Waals surface area contributed by atoms with Gasteiger partial charge in [-0.25, -0.2) is 9.97 Å². The van der Waals surface area contributed by atoms with Crippen molar-refractivity contribution in [2.45, 2.75) is 6.42 Å². The number of aromatic nitrogens is 2. The minimum Gasteiger partial charge on any atom is -0.496 e. The van der Waals surface area contributed by atoms with Crippen LogP contribution in [0.5, 0.6) is 5.75 Å². The minimum atomic E-state index is 0.723. The number of para-hydroxylation sites is 1. The van der Waals surface area contributed by atoms with Crippen molar-refractivity contribution in [3.8, 4) is 17.1 Å². The molecule has 6 heteroatoms. The Hall–Kier alpha value is -3.12. The molecule has 6 nitrogen and oxygen atoms in total. The summed E-state index contributed by atoms with van der Waals surface area (Å²) >= 11 is 0. The van der Waals surface area contributed by atoms with E-state index in [1.54, 1.807) is 7.11 Å². The topological polar surface area (TPSA) is 59.5 Å². The minimum absolute atomic E-state index is 0.723. The van der Waals surface area contributed by atoms with Gasteiger partial charge in [-0.2, -0.15) is 0 Å². The summed E-state index contributed by atoms with van der Waals surface area (Å²) in [6, 6.07) is 20.2. The standard InChI is InChI=1S/C23H26N4O2/c1-28-20-10-6-5-7-18(20)11-12-24-21-17-22(27-13-15-29-16-14-27)26-23(25-21)19-8-3-2-4-9-19/h2-10,17H,11-16H2,1H3,(H,24,25,26). The number of morpholine rings is 1. The molecule has 1 saturated heterocycles. The van der Waals surface area contributed by atoms with Crippen LogP contribution < -0.4 is 15.0 Å². The Morgan fingerprint density at radius 2 is 1.76 bits per heavy atom. The lowest BCUT2D eigenvalue weighted by molar-refractivity contribution is 0.122. The van der Waals surface area contributed by atoms with Crippen LogP contribution in [-0.4, -0.2) is 49.9 Å². The van der Waals surface area contributed by atoms with Crippen LogP contribution in [0.2, 0.25) is 0 Å². The van der Waals surface area contributed by atoms with E-state index in [0.29, 0.717) is 0 Å². The molecule has 1 fully saturated rings. The van der Waals surface area contributed by atoms with E-state index in [1.807, 2.05) is 54.6 Å². The number of nitrogens with one attached hydrogen (secondary N) is 1. The van der Waals surface area contributed by atoms with E-state index in [9.17, 15) is 0 Å². The van der Waals surface area contributed by atoms with Crippen LogP contribution in [0.25, 0.3) is 11.4 Å². The summed E-state index contributed by atoms with van der Waals surface area (Å²) in [5, 5.41) is 3.47. The monoisotopic (exact) mass is 390 g/mol. The number of rotatable bonds is 7. The number of anilines is 2. The summed E-state index contributed by atoms with van der Waals surface area (Å²) in [6.45, 7) is 3.88. The van der Waals surface area contributed by atoms with Gasteiger partial charge in [0.2, 0.25) is 0 Å². The summed E-state index contributed by atoms with van der Waals surface area (Å²) in [5.41, 5.74) is 2.18. The second-order valence-electron chi connectivity index (χ2n) is 6.89. The van der Waals surface area contributed by atoms with E-state index in [1.165, 1.54) is 5.56 Å². The van der Waals surface area contributed by atoms with E-state index < -0.39 is 0 Å². The number of ether oxygens (including phenoxy) is 2. The predicted octanol–water partition coefficient (Wildman–Crippen LogP) is 3.64. The summed E-state index contributed by atoms with van der Waals surface area (Å²) in [5.74, 6) is 3.41. The predicted molar refractivity (Wildman–Crippen MR) is 116 cm³/mol. The Morgan fingerprint density at radius 3 is 2.55 bits per heavy atom. The van der Waals surface area contributed by atoms with Crippen LogP contribution in [0.1, 0.15) is 5.56 Å². The Labute approximate surface area is 171 Å². The second-order valence-corrected chi connectivity index (χ2v) is 6.89. The third kappa shape index (κ3) is 4.84. The Bertz CT molecular complexity index is 927. The Kier molecular flexibility index (Phi) is 6.22. The highest BCUT2D eigenvalue weighted by Gasteiger charge is 2.15. The van der Waals surface area contributed by atoms with Crippen LogP contribution in [0.15, 0.2) is 60.7 Å². The van der Waals surface area contributed by atoms with Crippen LogP contribution in [-0.2, 0) is 11.2 Å². The molecule has 4 rings (SSSR count). The summed E-state index contributed by atoms with van der Waals surface area (Å²) in [7, 11) is 1.71. The maximum absolute atomic E-state index is 5.49. The highest BCUT2D eigenvalue weighted by Crippen LogP contribution is 2.24. The molecule has 1 aromatic heterocycles. The van der Waals surface area contributed by atoms with Gasteiger partial charge in [-0.05, 0) is 18.1 Å². The SMILES string of the molecule is COc1ccccc1CCNc1cc(N2CCOCC2)nc(-c2ccccc2)n1. The average molecular weight is 390 g/mol. The third-order valence-corrected chi connectivity index (χ3v) is 4.97. The van der Waals surface area contributed by atoms with Crippen LogP contribution in [0.4, 0.5) is 11.6 Å². The number of benzene rings is 2. The highest BCUT2D eigenvalue weighted by molar-refractivity contribution is 5.61. The van der Waals surface area contributed by atoms with Gasteiger partial charge in [-0.15, -0.1) is 0 Å². The Morgan fingerprint density at radius 1 is 1.00 bits per heavy atom. The van der Waals surface area contributed by atoms with E-state index in [2.05, 4.69) is 16.3 Å². The molecule has 29 heavy (non-hydrogen) atoms. The fourth-order valence-electron chi connectivity index (χ4n) is 3.43. The van der Waals surface area contributed by atoms with Gasteiger partial charge < -0.3 is 19.7 Å². The lowest BCUT2D eigenvalue weighted by Crippen LogP contribution is -2.36. The molecule has 1 N–H and O–H groups in total. The molecule has 0 spiro atoms. The maximum Gasteiger partial charge on any atom is 0.163 e. The number of methoxy groups -OCH3 is 1. The first-order chi connectivity index (χ1) is 14.3. The molecular weight excluding hydrogens is 364 g/mol. The molecule has 0 unspecified atom stereocenters. The van der Waals surface area contributed by atoms with Crippen molar-refractivity contribution in [1.82, 2.24) is 9.97 Å². The first-order valence-corrected chi connectivity index (χ1v) is 9.96. The van der Waals surface area contributed by atoms with Gasteiger partial charge in [-0.1, -0.05) is 48.5 Å². The largest absolute Gasteiger partial charge is 0.496 e. The molecule has 2 aromatic carbocycles. The second kappa shape index (κ2) is 9.39. The lowest BCUT2D eigenvalue weighted by atomic mass is 10.1. The van der Waals surface area contributed by atoms with Crippen molar-refractivity contribution in [3.63, 3.8) is 0 Å². The van der Waals surface area contributed by atoms with Gasteiger partial charge in [0.25, 0.3) is 0 Å². The summed E-state index contributed by atoms with van der Waals surface area (Å²) in [6.07, 6.45) is 0.849. The Balaban J connectivity index is 1.54. The smallest absolute Gasteiger partial charge is 0.163 e. The van der Waals surface area contributed by atoms with Gasteiger partial charge in [0.05, 0.1) is 20.3 Å². The van der Waals surface area contributed by atoms with Crippen LogP contribution in [0, 0.1) is 0 Å². The van der Waals surface area contributed by atoms with Crippen LogP contribution in [0.3, 0.4) is 0 Å². The molecule has 1 aliphatic rings. The normalized spacial score (nSPS) is 13.9. The van der Waals surface area contributed by atoms with Gasteiger partial charge in [0.15, 0.2) is 5.82 Å². The third-order valence-electron chi connectivity index (χ3n) is 4.97. The molecule has 0 saturated carbocycles.